The molecule has 0 atom stereocenters. The molecular weight excluding hydrogens is 336 g/mol. The number of rotatable bonds is 7. The second-order valence-corrected chi connectivity index (χ2v) is 7.68. The minimum Gasteiger partial charge on any atom is -0.351 e. The molecule has 0 bridgehead atoms. The number of thioether (sulfide) groups is 1. The van der Waals surface area contributed by atoms with Crippen LogP contribution in [0.5, 0.6) is 0 Å². The summed E-state index contributed by atoms with van der Waals surface area (Å²) in [5, 5.41) is 4.66. The Labute approximate surface area is 144 Å². The Bertz CT molecular complexity index is 626. The van der Waals surface area contributed by atoms with Crippen molar-refractivity contribution in [3.63, 3.8) is 0 Å². The number of amides is 1. The van der Waals surface area contributed by atoms with Crippen LogP contribution in [0, 0.1) is 13.8 Å². The van der Waals surface area contributed by atoms with Crippen LogP contribution in [0.25, 0.3) is 0 Å². The second-order valence-electron chi connectivity index (χ2n) is 4.94. The number of nitrogens with one attached hydrogen (secondary N) is 1. The van der Waals surface area contributed by atoms with Gasteiger partial charge in [0.05, 0.1) is 10.7 Å². The van der Waals surface area contributed by atoms with Crippen molar-refractivity contribution in [2.24, 2.45) is 0 Å². The van der Waals surface area contributed by atoms with E-state index in [1.807, 2.05) is 49.9 Å². The van der Waals surface area contributed by atoms with Gasteiger partial charge in [-0.2, -0.15) is 11.8 Å². The maximum atomic E-state index is 12.0. The highest BCUT2D eigenvalue weighted by atomic mass is 35.5. The lowest BCUT2D eigenvalue weighted by Gasteiger charge is -2.05. The van der Waals surface area contributed by atoms with E-state index in [9.17, 15) is 4.79 Å². The van der Waals surface area contributed by atoms with E-state index < -0.39 is 0 Å². The molecule has 0 radical (unpaired) electrons. The fourth-order valence-corrected chi connectivity index (χ4v) is 3.85. The lowest BCUT2D eigenvalue weighted by Crippen LogP contribution is -2.24. The molecule has 3 nitrogen and oxygen atoms in total. The molecule has 0 saturated carbocycles. The maximum Gasteiger partial charge on any atom is 0.263 e. The van der Waals surface area contributed by atoms with Crippen LogP contribution in [-0.2, 0) is 5.75 Å². The van der Waals surface area contributed by atoms with Gasteiger partial charge in [-0.1, -0.05) is 23.7 Å². The van der Waals surface area contributed by atoms with E-state index in [0.29, 0.717) is 6.54 Å². The molecule has 1 amide bonds. The summed E-state index contributed by atoms with van der Waals surface area (Å²) >= 11 is 9.17. The molecule has 0 saturated heterocycles. The van der Waals surface area contributed by atoms with Crippen LogP contribution in [0.15, 0.2) is 24.3 Å². The van der Waals surface area contributed by atoms with Crippen molar-refractivity contribution in [3.8, 4) is 0 Å². The average molecular weight is 355 g/mol. The zero-order valence-electron chi connectivity index (χ0n) is 12.7. The zero-order valence-corrected chi connectivity index (χ0v) is 15.1. The summed E-state index contributed by atoms with van der Waals surface area (Å²) in [4.78, 5) is 17.0. The monoisotopic (exact) mass is 354 g/mol. The fraction of sp³-hybridized carbons (Fsp3) is 0.375. The second kappa shape index (κ2) is 8.56. The molecule has 6 heteroatoms. The molecule has 1 heterocycles. The summed E-state index contributed by atoms with van der Waals surface area (Å²) in [6.45, 7) is 4.49. The Kier molecular flexibility index (Phi) is 6.73. The number of carbonyl (C=O) groups excluding carboxylic acids is 1. The summed E-state index contributed by atoms with van der Waals surface area (Å²) < 4.78 is 0. The Morgan fingerprint density at radius 2 is 2.05 bits per heavy atom. The number of thiazole rings is 1. The SMILES string of the molecule is Cc1nc(C)c(C(=O)NCCCSCc2ccc(Cl)cc2)s1. The van der Waals surface area contributed by atoms with E-state index in [0.717, 1.165) is 38.5 Å². The van der Waals surface area contributed by atoms with Crippen LogP contribution in [0.4, 0.5) is 0 Å². The lowest BCUT2D eigenvalue weighted by molar-refractivity contribution is 0.0957. The molecule has 0 aliphatic carbocycles. The van der Waals surface area contributed by atoms with Gasteiger partial charge in [0.2, 0.25) is 0 Å². The number of carbonyl (C=O) groups is 1. The number of halogens is 1. The first-order valence-electron chi connectivity index (χ1n) is 7.10. The van der Waals surface area contributed by atoms with Crippen molar-refractivity contribution >= 4 is 40.6 Å². The third kappa shape index (κ3) is 5.30. The maximum absolute atomic E-state index is 12.0. The normalized spacial score (nSPS) is 10.7. The topological polar surface area (TPSA) is 42.0 Å². The fourth-order valence-electron chi connectivity index (χ4n) is 1.97. The van der Waals surface area contributed by atoms with E-state index >= 15 is 0 Å². The van der Waals surface area contributed by atoms with Crippen molar-refractivity contribution in [1.82, 2.24) is 10.3 Å². The summed E-state index contributed by atoms with van der Waals surface area (Å²) in [6, 6.07) is 7.92. The summed E-state index contributed by atoms with van der Waals surface area (Å²) in [6.07, 6.45) is 0.959. The molecule has 22 heavy (non-hydrogen) atoms. The molecule has 2 rings (SSSR count). The molecule has 1 aromatic heterocycles. The molecular formula is C16H19ClN2OS2. The smallest absolute Gasteiger partial charge is 0.263 e. The van der Waals surface area contributed by atoms with E-state index in [-0.39, 0.29) is 5.91 Å². The van der Waals surface area contributed by atoms with Crippen molar-refractivity contribution in [2.75, 3.05) is 12.3 Å². The standard InChI is InChI=1S/C16H19ClN2OS2/c1-11-15(22-12(2)19-11)16(20)18-8-3-9-21-10-13-4-6-14(17)7-5-13/h4-7H,3,8-10H2,1-2H3,(H,18,20). The molecule has 0 aliphatic rings. The third-order valence-electron chi connectivity index (χ3n) is 3.04. The van der Waals surface area contributed by atoms with E-state index in [1.54, 1.807) is 0 Å². The number of aromatic nitrogens is 1. The predicted molar refractivity (Wildman–Crippen MR) is 96.2 cm³/mol. The van der Waals surface area contributed by atoms with E-state index in [4.69, 9.17) is 11.6 Å². The van der Waals surface area contributed by atoms with Gasteiger partial charge in [-0.05, 0) is 43.7 Å². The van der Waals surface area contributed by atoms with E-state index in [1.165, 1.54) is 16.9 Å². The van der Waals surface area contributed by atoms with Crippen LogP contribution in [0.1, 0.15) is 32.4 Å². The first kappa shape index (κ1) is 17.3. The van der Waals surface area contributed by atoms with Crippen molar-refractivity contribution in [2.45, 2.75) is 26.0 Å². The van der Waals surface area contributed by atoms with Crippen molar-refractivity contribution < 1.29 is 4.79 Å². The largest absolute Gasteiger partial charge is 0.351 e. The van der Waals surface area contributed by atoms with Gasteiger partial charge in [0.1, 0.15) is 4.88 Å². The van der Waals surface area contributed by atoms with Crippen LogP contribution in [0.2, 0.25) is 5.02 Å². The van der Waals surface area contributed by atoms with Gasteiger partial charge in [0.15, 0.2) is 0 Å². The van der Waals surface area contributed by atoms with Crippen molar-refractivity contribution in [3.05, 3.63) is 50.4 Å². The van der Waals surface area contributed by atoms with Crippen LogP contribution < -0.4 is 5.32 Å². The van der Waals surface area contributed by atoms with Gasteiger partial charge in [0.25, 0.3) is 5.91 Å². The molecule has 118 valence electrons. The highest BCUT2D eigenvalue weighted by molar-refractivity contribution is 7.98. The Morgan fingerprint density at radius 1 is 1.32 bits per heavy atom. The molecule has 2 aromatic rings. The third-order valence-corrected chi connectivity index (χ3v) is 5.48. The molecule has 0 aliphatic heterocycles. The lowest BCUT2D eigenvalue weighted by atomic mass is 10.2. The van der Waals surface area contributed by atoms with Gasteiger partial charge < -0.3 is 5.32 Å². The first-order chi connectivity index (χ1) is 10.6. The molecule has 1 aromatic carbocycles. The molecule has 0 spiro atoms. The average Bonchev–Trinajstić information content (AvgIpc) is 2.83. The van der Waals surface area contributed by atoms with Crippen molar-refractivity contribution in [1.29, 1.82) is 0 Å². The van der Waals surface area contributed by atoms with Crippen LogP contribution in [0.3, 0.4) is 0 Å². The summed E-state index contributed by atoms with van der Waals surface area (Å²) in [5.74, 6) is 1.98. The van der Waals surface area contributed by atoms with Gasteiger partial charge in [-0.3, -0.25) is 4.79 Å². The quantitative estimate of drug-likeness (QED) is 0.746. The Morgan fingerprint density at radius 3 is 2.68 bits per heavy atom. The van der Waals surface area contributed by atoms with Gasteiger partial charge >= 0.3 is 0 Å². The highest BCUT2D eigenvalue weighted by Gasteiger charge is 2.12. The summed E-state index contributed by atoms with van der Waals surface area (Å²) in [5.41, 5.74) is 2.09. The highest BCUT2D eigenvalue weighted by Crippen LogP contribution is 2.17. The molecule has 0 unspecified atom stereocenters. The summed E-state index contributed by atoms with van der Waals surface area (Å²) in [7, 11) is 0. The Hall–Kier alpha value is -1.04. The number of hydrogen-bond acceptors (Lipinski definition) is 4. The van der Waals surface area contributed by atoms with Gasteiger partial charge in [-0.25, -0.2) is 4.98 Å². The number of aryl methyl sites for hydroxylation is 2. The predicted octanol–water partition coefficient (Wildman–Crippen LogP) is 4.47. The minimum absolute atomic E-state index is 0.00852. The van der Waals surface area contributed by atoms with Gasteiger partial charge in [0, 0.05) is 17.3 Å². The van der Waals surface area contributed by atoms with Crippen LogP contribution >= 0.6 is 34.7 Å². The van der Waals surface area contributed by atoms with Gasteiger partial charge in [-0.15, -0.1) is 11.3 Å². The first-order valence-corrected chi connectivity index (χ1v) is 9.45. The minimum atomic E-state index is -0.00852. The van der Waals surface area contributed by atoms with Crippen LogP contribution in [-0.4, -0.2) is 23.2 Å². The Balaban J connectivity index is 1.62. The number of benzene rings is 1. The number of nitrogens with zero attached hydrogens (tertiary/aromatic N) is 1. The molecule has 1 N–H and O–H groups in total. The zero-order chi connectivity index (χ0) is 15.9. The molecule has 0 fully saturated rings. The van der Waals surface area contributed by atoms with E-state index in [2.05, 4.69) is 10.3 Å². The number of hydrogen-bond donors (Lipinski definition) is 1.